The van der Waals surface area contributed by atoms with Crippen molar-refractivity contribution in [2.75, 3.05) is 18.9 Å². The fourth-order valence-electron chi connectivity index (χ4n) is 7.14. The number of nitrogens with two attached hydrogens (primary N) is 1. The SMILES string of the molecule is C#Cc1cc(C(=O)N[C@H]2CCc3cc(-n4c(-c5cccnc5N)nc5ccc(-n6cccn6)nc54)ccc32)cc(C2OCCO2)c1OCc1ccccc1. The Labute approximate surface area is 310 Å². The number of hydrogen-bond donors (Lipinski definition) is 2. The minimum Gasteiger partial charge on any atom is -0.487 e. The lowest BCUT2D eigenvalue weighted by molar-refractivity contribution is -0.0459. The second-order valence-electron chi connectivity index (χ2n) is 13.1. The average Bonchev–Trinajstić information content (AvgIpc) is 4.05. The number of nitrogens with zero attached hydrogens (tertiary/aromatic N) is 6. The molecule has 9 rings (SSSR count). The molecule has 0 bridgehead atoms. The third kappa shape index (κ3) is 6.11. The molecule has 0 radical (unpaired) electrons. The van der Waals surface area contributed by atoms with E-state index in [4.69, 9.17) is 36.3 Å². The Morgan fingerprint density at radius 1 is 0.963 bits per heavy atom. The molecular formula is C42H34N8O4. The van der Waals surface area contributed by atoms with Gasteiger partial charge in [-0.1, -0.05) is 42.3 Å². The average molecular weight is 715 g/mol. The molecule has 7 aromatic rings. The Balaban J connectivity index is 1.03. The Morgan fingerprint density at radius 3 is 2.63 bits per heavy atom. The number of anilines is 1. The number of fused-ring (bicyclic) bond motifs is 2. The maximum absolute atomic E-state index is 14.0. The summed E-state index contributed by atoms with van der Waals surface area (Å²) >= 11 is 0. The molecule has 12 nitrogen and oxygen atoms in total. The predicted octanol–water partition coefficient (Wildman–Crippen LogP) is 6.27. The van der Waals surface area contributed by atoms with Gasteiger partial charge in [-0.2, -0.15) is 5.10 Å². The molecule has 3 aromatic carbocycles. The Kier molecular flexibility index (Phi) is 8.55. The van der Waals surface area contributed by atoms with Crippen molar-refractivity contribution in [2.45, 2.75) is 31.8 Å². The number of carbonyl (C=O) groups is 1. The van der Waals surface area contributed by atoms with E-state index in [2.05, 4.69) is 33.5 Å². The van der Waals surface area contributed by atoms with Crippen LogP contribution in [0.5, 0.6) is 5.75 Å². The fraction of sp³-hybridized carbons (Fsp3) is 0.167. The van der Waals surface area contributed by atoms with Crippen LogP contribution in [0.25, 0.3) is 34.1 Å². The van der Waals surface area contributed by atoms with E-state index in [1.54, 1.807) is 29.2 Å². The van der Waals surface area contributed by atoms with Crippen molar-refractivity contribution in [3.63, 3.8) is 0 Å². The number of ether oxygens (including phenoxy) is 3. The number of aryl methyl sites for hydroxylation is 1. The zero-order valence-electron chi connectivity index (χ0n) is 29.1. The summed E-state index contributed by atoms with van der Waals surface area (Å²) in [7, 11) is 0. The molecule has 1 fully saturated rings. The van der Waals surface area contributed by atoms with Gasteiger partial charge >= 0.3 is 0 Å². The number of nitrogen functional groups attached to an aromatic ring is 1. The summed E-state index contributed by atoms with van der Waals surface area (Å²) in [6, 6.07) is 28.6. The van der Waals surface area contributed by atoms with Gasteiger partial charge in [0.2, 0.25) is 0 Å². The predicted molar refractivity (Wildman–Crippen MR) is 202 cm³/mol. The van der Waals surface area contributed by atoms with Gasteiger partial charge in [0, 0.05) is 29.8 Å². The van der Waals surface area contributed by atoms with Crippen molar-refractivity contribution >= 4 is 22.9 Å². The number of imidazole rings is 1. The highest BCUT2D eigenvalue weighted by atomic mass is 16.7. The summed E-state index contributed by atoms with van der Waals surface area (Å²) in [6.45, 7) is 1.16. The van der Waals surface area contributed by atoms with Crippen LogP contribution < -0.4 is 15.8 Å². The van der Waals surface area contributed by atoms with Crippen LogP contribution >= 0.6 is 0 Å². The zero-order valence-corrected chi connectivity index (χ0v) is 29.1. The molecule has 4 aromatic heterocycles. The van der Waals surface area contributed by atoms with E-state index in [1.165, 1.54) is 0 Å². The number of nitrogens with one attached hydrogen (secondary N) is 1. The monoisotopic (exact) mass is 714 g/mol. The summed E-state index contributed by atoms with van der Waals surface area (Å²) in [5.41, 5.74) is 13.8. The van der Waals surface area contributed by atoms with Crippen LogP contribution in [0, 0.1) is 12.3 Å². The smallest absolute Gasteiger partial charge is 0.251 e. The first-order valence-corrected chi connectivity index (χ1v) is 17.6. The molecule has 0 unspecified atom stereocenters. The van der Waals surface area contributed by atoms with Gasteiger partial charge in [0.15, 0.2) is 23.6 Å². The van der Waals surface area contributed by atoms with Gasteiger partial charge in [-0.3, -0.25) is 9.36 Å². The molecule has 3 N–H and O–H groups in total. The number of pyridine rings is 2. The Bertz CT molecular complexity index is 2550. The lowest BCUT2D eigenvalue weighted by Gasteiger charge is -2.20. The molecule has 1 aliphatic heterocycles. The minimum atomic E-state index is -0.697. The standard InChI is InChI=1S/C42H34N8O4/c1-2-27-22-29(24-33(42-52-20-21-53-42)37(27)54-25-26-8-4-3-5-9-26)41(51)47-34-14-11-28-23-30(12-13-31(28)34)50-39(32-10-6-17-44-38(32)43)46-35-15-16-36(48-40(35)50)49-19-7-18-45-49/h1,3-10,12-13,15-19,22-24,34,42H,11,14,20-21,25H2,(H2,43,44)(H,47,51)/t34-/m0/s1. The molecule has 1 saturated heterocycles. The van der Waals surface area contributed by atoms with E-state index in [0.717, 1.165) is 35.2 Å². The van der Waals surface area contributed by atoms with Gasteiger partial charge in [-0.05, 0) is 84.1 Å². The van der Waals surface area contributed by atoms with Crippen LogP contribution in [0.4, 0.5) is 5.82 Å². The van der Waals surface area contributed by atoms with Crippen molar-refractivity contribution in [1.29, 1.82) is 0 Å². The van der Waals surface area contributed by atoms with Crippen LogP contribution in [0.3, 0.4) is 0 Å². The van der Waals surface area contributed by atoms with Crippen LogP contribution in [0.15, 0.2) is 110 Å². The van der Waals surface area contributed by atoms with Crippen molar-refractivity contribution in [3.8, 4) is 41.0 Å². The maximum atomic E-state index is 14.0. The van der Waals surface area contributed by atoms with Gasteiger partial charge in [0.25, 0.3) is 5.91 Å². The highest BCUT2D eigenvalue weighted by Gasteiger charge is 2.29. The number of amides is 1. The van der Waals surface area contributed by atoms with Crippen LogP contribution in [0.1, 0.15) is 56.9 Å². The summed E-state index contributed by atoms with van der Waals surface area (Å²) < 4.78 is 21.7. The van der Waals surface area contributed by atoms with Crippen molar-refractivity contribution in [2.24, 2.45) is 0 Å². The summed E-state index contributed by atoms with van der Waals surface area (Å²) in [4.78, 5) is 28.2. The second kappa shape index (κ2) is 14.0. The molecule has 0 saturated carbocycles. The number of hydrogen-bond acceptors (Lipinski definition) is 9. The third-order valence-electron chi connectivity index (χ3n) is 9.71. The second-order valence-corrected chi connectivity index (χ2v) is 13.1. The first-order chi connectivity index (χ1) is 26.5. The molecular weight excluding hydrogens is 681 g/mol. The first kappa shape index (κ1) is 33.1. The Hall–Kier alpha value is -6.81. The van der Waals surface area contributed by atoms with E-state index < -0.39 is 6.29 Å². The molecule has 1 amide bonds. The summed E-state index contributed by atoms with van der Waals surface area (Å²) in [5, 5.41) is 7.62. The number of aromatic nitrogens is 6. The van der Waals surface area contributed by atoms with E-state index in [9.17, 15) is 4.79 Å². The molecule has 0 spiro atoms. The van der Waals surface area contributed by atoms with Gasteiger partial charge in [0.05, 0.1) is 35.9 Å². The van der Waals surface area contributed by atoms with Gasteiger partial charge in [-0.25, -0.2) is 19.6 Å². The molecule has 12 heteroatoms. The van der Waals surface area contributed by atoms with Gasteiger partial charge in [0.1, 0.15) is 23.7 Å². The van der Waals surface area contributed by atoms with E-state index >= 15 is 0 Å². The molecule has 266 valence electrons. The van der Waals surface area contributed by atoms with Crippen LogP contribution in [0.2, 0.25) is 0 Å². The molecule has 1 aliphatic carbocycles. The van der Waals surface area contributed by atoms with Crippen molar-refractivity contribution in [3.05, 3.63) is 143 Å². The lowest BCUT2D eigenvalue weighted by Crippen LogP contribution is -2.27. The van der Waals surface area contributed by atoms with E-state index in [0.29, 0.717) is 76.4 Å². The van der Waals surface area contributed by atoms with E-state index in [1.807, 2.05) is 77.5 Å². The van der Waals surface area contributed by atoms with Gasteiger partial charge in [-0.15, -0.1) is 6.42 Å². The normalized spacial score (nSPS) is 15.3. The van der Waals surface area contributed by atoms with Crippen LogP contribution in [-0.4, -0.2) is 48.4 Å². The molecule has 2 aliphatic rings. The highest BCUT2D eigenvalue weighted by Crippen LogP contribution is 2.38. The zero-order chi connectivity index (χ0) is 36.6. The molecule has 54 heavy (non-hydrogen) atoms. The van der Waals surface area contributed by atoms with Crippen molar-refractivity contribution in [1.82, 2.24) is 34.6 Å². The first-order valence-electron chi connectivity index (χ1n) is 17.6. The maximum Gasteiger partial charge on any atom is 0.251 e. The topological polar surface area (TPSA) is 144 Å². The minimum absolute atomic E-state index is 0.218. The number of carbonyl (C=O) groups excluding carboxylic acids is 1. The quantitative estimate of drug-likeness (QED) is 0.165. The van der Waals surface area contributed by atoms with Crippen molar-refractivity contribution < 1.29 is 19.0 Å². The number of benzene rings is 3. The van der Waals surface area contributed by atoms with E-state index in [-0.39, 0.29) is 11.9 Å². The summed E-state index contributed by atoms with van der Waals surface area (Å²) in [6.07, 6.45) is 12.0. The largest absolute Gasteiger partial charge is 0.487 e. The van der Waals surface area contributed by atoms with Crippen LogP contribution in [-0.2, 0) is 22.5 Å². The third-order valence-corrected chi connectivity index (χ3v) is 9.71. The Morgan fingerprint density at radius 2 is 1.83 bits per heavy atom. The molecule has 5 heterocycles. The highest BCUT2D eigenvalue weighted by molar-refractivity contribution is 5.95. The summed E-state index contributed by atoms with van der Waals surface area (Å²) in [5.74, 6) is 4.57. The number of terminal acetylenes is 1. The number of rotatable bonds is 9. The fourth-order valence-corrected chi connectivity index (χ4v) is 7.14. The molecule has 1 atom stereocenters. The lowest BCUT2D eigenvalue weighted by atomic mass is 10.0. The van der Waals surface area contributed by atoms with Gasteiger partial charge < -0.3 is 25.3 Å².